The summed E-state index contributed by atoms with van der Waals surface area (Å²) in [6.45, 7) is 4.94. The number of nitrogens with zero attached hydrogens (tertiary/aromatic N) is 3. The molecular weight excluding hydrogens is 244 g/mol. The average Bonchev–Trinajstić information content (AvgIpc) is 2.62. The number of nitrogens with two attached hydrogens (primary N) is 1. The normalized spacial score (nSPS) is 18.6. The number of carbonyl (C=O) groups excluding carboxylic acids is 1. The summed E-state index contributed by atoms with van der Waals surface area (Å²) < 4.78 is 1.55. The molecule has 0 bridgehead atoms. The van der Waals surface area contributed by atoms with Crippen LogP contribution in [0.15, 0.2) is 0 Å². The Hall–Kier alpha value is -1.56. The maximum atomic E-state index is 12.5. The van der Waals surface area contributed by atoms with Crippen molar-refractivity contribution in [3.63, 3.8) is 0 Å². The molecule has 19 heavy (non-hydrogen) atoms. The van der Waals surface area contributed by atoms with Crippen LogP contribution < -0.4 is 5.73 Å². The van der Waals surface area contributed by atoms with Gasteiger partial charge in [-0.25, -0.2) is 0 Å². The Morgan fingerprint density at radius 3 is 2.47 bits per heavy atom. The molecule has 1 aliphatic heterocycles. The summed E-state index contributed by atoms with van der Waals surface area (Å²) in [5, 5.41) is 13.7. The Morgan fingerprint density at radius 1 is 1.47 bits per heavy atom. The summed E-state index contributed by atoms with van der Waals surface area (Å²) in [5.74, 6) is 0.222. The van der Waals surface area contributed by atoms with Crippen molar-refractivity contribution in [1.82, 2.24) is 14.7 Å². The number of aliphatic hydroxyl groups is 1. The van der Waals surface area contributed by atoms with Crippen LogP contribution in [0.1, 0.15) is 35.9 Å². The fourth-order valence-electron chi connectivity index (χ4n) is 2.66. The van der Waals surface area contributed by atoms with Crippen molar-refractivity contribution < 1.29 is 9.90 Å². The van der Waals surface area contributed by atoms with Crippen LogP contribution in [0, 0.1) is 12.8 Å². The van der Waals surface area contributed by atoms with Crippen LogP contribution in [0.2, 0.25) is 0 Å². The van der Waals surface area contributed by atoms with Crippen molar-refractivity contribution in [3.05, 3.63) is 11.4 Å². The van der Waals surface area contributed by atoms with Gasteiger partial charge in [-0.3, -0.25) is 9.48 Å². The molecule has 1 fully saturated rings. The predicted molar refractivity (Wildman–Crippen MR) is 72.7 cm³/mol. The van der Waals surface area contributed by atoms with Gasteiger partial charge in [0.25, 0.3) is 5.91 Å². The summed E-state index contributed by atoms with van der Waals surface area (Å²) in [7, 11) is 1.74. The number of hydrogen-bond donors (Lipinski definition) is 2. The van der Waals surface area contributed by atoms with Gasteiger partial charge >= 0.3 is 0 Å². The van der Waals surface area contributed by atoms with Gasteiger partial charge in [0.1, 0.15) is 5.69 Å². The fraction of sp³-hybridized carbons (Fsp3) is 0.692. The number of aliphatic hydroxyl groups excluding tert-OH is 1. The van der Waals surface area contributed by atoms with Gasteiger partial charge in [0.05, 0.1) is 17.5 Å². The minimum absolute atomic E-state index is 0.0651. The van der Waals surface area contributed by atoms with Gasteiger partial charge in [-0.1, -0.05) is 0 Å². The molecule has 0 aliphatic carbocycles. The molecule has 0 aromatic carbocycles. The molecule has 1 aromatic heterocycles. The zero-order valence-electron chi connectivity index (χ0n) is 11.8. The lowest BCUT2D eigenvalue weighted by molar-refractivity contribution is 0.0514. The molecule has 0 spiro atoms. The van der Waals surface area contributed by atoms with Crippen molar-refractivity contribution in [2.45, 2.75) is 32.8 Å². The number of hydrogen-bond acceptors (Lipinski definition) is 4. The quantitative estimate of drug-likeness (QED) is 0.818. The molecule has 1 unspecified atom stereocenters. The molecular formula is C13H22N4O2. The summed E-state index contributed by atoms with van der Waals surface area (Å²) in [4.78, 5) is 14.3. The smallest absolute Gasteiger partial charge is 0.274 e. The molecule has 0 radical (unpaired) electrons. The standard InChI is InChI=1S/C13H22N4O2/c1-8-11(14)12(16(3)15-8)13(19)17-6-4-10(5-7-17)9(2)18/h9-10,18H,4-7,14H2,1-3H3. The Labute approximate surface area is 113 Å². The van der Waals surface area contributed by atoms with Crippen LogP contribution >= 0.6 is 0 Å². The van der Waals surface area contributed by atoms with E-state index in [1.54, 1.807) is 23.6 Å². The van der Waals surface area contributed by atoms with Crippen LogP contribution in [0.25, 0.3) is 0 Å². The van der Waals surface area contributed by atoms with E-state index in [4.69, 9.17) is 5.73 Å². The number of anilines is 1. The summed E-state index contributed by atoms with van der Waals surface area (Å²) in [6.07, 6.45) is 1.36. The SMILES string of the molecule is Cc1nn(C)c(C(=O)N2CCC(C(C)O)CC2)c1N. The van der Waals surface area contributed by atoms with Crippen LogP contribution in [-0.4, -0.2) is 44.9 Å². The second-order valence-electron chi connectivity index (χ2n) is 5.34. The van der Waals surface area contributed by atoms with Gasteiger partial charge in [-0.2, -0.15) is 5.10 Å². The zero-order valence-corrected chi connectivity index (χ0v) is 11.8. The molecule has 6 heteroatoms. The molecule has 2 heterocycles. The van der Waals surface area contributed by atoms with E-state index >= 15 is 0 Å². The van der Waals surface area contributed by atoms with E-state index < -0.39 is 0 Å². The molecule has 1 saturated heterocycles. The second-order valence-corrected chi connectivity index (χ2v) is 5.34. The highest BCUT2D eigenvalue weighted by Gasteiger charge is 2.29. The van der Waals surface area contributed by atoms with E-state index in [1.165, 1.54) is 0 Å². The average molecular weight is 266 g/mol. The fourth-order valence-corrected chi connectivity index (χ4v) is 2.66. The molecule has 6 nitrogen and oxygen atoms in total. The lowest BCUT2D eigenvalue weighted by Gasteiger charge is -2.33. The molecule has 2 rings (SSSR count). The Morgan fingerprint density at radius 2 is 2.05 bits per heavy atom. The number of aryl methyl sites for hydroxylation is 2. The number of piperidine rings is 1. The van der Waals surface area contributed by atoms with Crippen molar-refractivity contribution in [3.8, 4) is 0 Å². The van der Waals surface area contributed by atoms with Gasteiger partial charge in [-0.05, 0) is 32.6 Å². The van der Waals surface area contributed by atoms with E-state index in [9.17, 15) is 9.90 Å². The molecule has 106 valence electrons. The maximum absolute atomic E-state index is 12.5. The van der Waals surface area contributed by atoms with E-state index in [-0.39, 0.29) is 17.9 Å². The van der Waals surface area contributed by atoms with Gasteiger partial charge in [0.2, 0.25) is 0 Å². The number of amides is 1. The van der Waals surface area contributed by atoms with E-state index in [1.807, 2.05) is 6.92 Å². The first-order chi connectivity index (χ1) is 8.91. The number of aromatic nitrogens is 2. The van der Waals surface area contributed by atoms with Crippen molar-refractivity contribution in [2.24, 2.45) is 13.0 Å². The summed E-state index contributed by atoms with van der Waals surface area (Å²) >= 11 is 0. The van der Waals surface area contributed by atoms with E-state index in [2.05, 4.69) is 5.10 Å². The first kappa shape index (κ1) is 13.9. The third-order valence-corrected chi connectivity index (χ3v) is 3.98. The van der Waals surface area contributed by atoms with Crippen molar-refractivity contribution in [1.29, 1.82) is 0 Å². The van der Waals surface area contributed by atoms with Crippen molar-refractivity contribution in [2.75, 3.05) is 18.8 Å². The third-order valence-electron chi connectivity index (χ3n) is 3.98. The van der Waals surface area contributed by atoms with Gasteiger partial charge in [-0.15, -0.1) is 0 Å². The van der Waals surface area contributed by atoms with Gasteiger partial charge < -0.3 is 15.7 Å². The topological polar surface area (TPSA) is 84.4 Å². The van der Waals surface area contributed by atoms with Crippen LogP contribution in [0.4, 0.5) is 5.69 Å². The molecule has 3 N–H and O–H groups in total. The molecule has 1 amide bonds. The molecule has 1 atom stereocenters. The first-order valence-electron chi connectivity index (χ1n) is 6.68. The highest BCUT2D eigenvalue weighted by molar-refractivity contribution is 5.98. The lowest BCUT2D eigenvalue weighted by atomic mass is 9.92. The van der Waals surface area contributed by atoms with Gasteiger partial charge in [0, 0.05) is 20.1 Å². The monoisotopic (exact) mass is 266 g/mol. The Balaban J connectivity index is 2.10. The predicted octanol–water partition coefficient (Wildman–Crippen LogP) is 0.544. The Kier molecular flexibility index (Phi) is 3.80. The maximum Gasteiger partial charge on any atom is 0.274 e. The number of rotatable bonds is 2. The lowest BCUT2D eigenvalue weighted by Crippen LogP contribution is -2.41. The highest BCUT2D eigenvalue weighted by atomic mass is 16.3. The molecule has 1 aromatic rings. The van der Waals surface area contributed by atoms with E-state index in [0.717, 1.165) is 12.8 Å². The number of likely N-dealkylation sites (tertiary alicyclic amines) is 1. The summed E-state index contributed by atoms with van der Waals surface area (Å²) in [6, 6.07) is 0. The minimum Gasteiger partial charge on any atom is -0.395 e. The highest BCUT2D eigenvalue weighted by Crippen LogP contribution is 2.24. The molecule has 1 aliphatic rings. The third kappa shape index (κ3) is 2.58. The largest absolute Gasteiger partial charge is 0.395 e. The van der Waals surface area contributed by atoms with Crippen LogP contribution in [0.5, 0.6) is 0 Å². The Bertz CT molecular complexity index is 473. The number of nitrogen functional groups attached to an aromatic ring is 1. The molecule has 0 saturated carbocycles. The van der Waals surface area contributed by atoms with Crippen LogP contribution in [-0.2, 0) is 7.05 Å². The van der Waals surface area contributed by atoms with Gasteiger partial charge in [0.15, 0.2) is 0 Å². The zero-order chi connectivity index (χ0) is 14.2. The van der Waals surface area contributed by atoms with Crippen LogP contribution in [0.3, 0.4) is 0 Å². The number of carbonyl (C=O) groups is 1. The minimum atomic E-state index is -0.304. The van der Waals surface area contributed by atoms with E-state index in [0.29, 0.717) is 30.2 Å². The summed E-state index contributed by atoms with van der Waals surface area (Å²) in [5.41, 5.74) is 7.53. The second kappa shape index (κ2) is 5.21. The first-order valence-corrected chi connectivity index (χ1v) is 6.68. The van der Waals surface area contributed by atoms with Crippen molar-refractivity contribution >= 4 is 11.6 Å².